The van der Waals surface area contributed by atoms with E-state index in [1.807, 2.05) is 0 Å². The number of hydrogen-bond donors (Lipinski definition) is 1. The third-order valence-corrected chi connectivity index (χ3v) is 4.80. The molecule has 0 unspecified atom stereocenters. The second kappa shape index (κ2) is 16.8. The summed E-state index contributed by atoms with van der Waals surface area (Å²) in [5.74, 6) is -0.447. The first kappa shape index (κ1) is 26.6. The SMILES string of the molecule is CCCCCCCCCCCCCC(=O)N(C)CCS(=O)(=O)O.[H-].[Na+]. The second-order valence-corrected chi connectivity index (χ2v) is 7.96. The summed E-state index contributed by atoms with van der Waals surface area (Å²) in [5, 5.41) is 0. The molecule has 0 aromatic carbocycles. The number of amides is 1. The molecule has 1 amide bonds. The van der Waals surface area contributed by atoms with E-state index in [4.69, 9.17) is 4.55 Å². The van der Waals surface area contributed by atoms with Crippen LogP contribution >= 0.6 is 0 Å². The number of unbranched alkanes of at least 4 members (excludes halogenated alkanes) is 10. The summed E-state index contributed by atoms with van der Waals surface area (Å²) >= 11 is 0. The maximum Gasteiger partial charge on any atom is 1.00 e. The summed E-state index contributed by atoms with van der Waals surface area (Å²) < 4.78 is 29.9. The zero-order chi connectivity index (χ0) is 17.6. The van der Waals surface area contributed by atoms with Crippen LogP contribution in [0.4, 0.5) is 0 Å². The summed E-state index contributed by atoms with van der Waals surface area (Å²) in [7, 11) is -2.42. The summed E-state index contributed by atoms with van der Waals surface area (Å²) in [6, 6.07) is 0. The van der Waals surface area contributed by atoms with Crippen LogP contribution in [0.2, 0.25) is 0 Å². The molecule has 0 aliphatic rings. The van der Waals surface area contributed by atoms with Gasteiger partial charge in [0, 0.05) is 20.0 Å². The predicted molar refractivity (Wildman–Crippen MR) is 96.2 cm³/mol. The molecule has 0 saturated heterocycles. The van der Waals surface area contributed by atoms with Crippen LogP contribution in [0.15, 0.2) is 0 Å². The van der Waals surface area contributed by atoms with E-state index < -0.39 is 15.9 Å². The van der Waals surface area contributed by atoms with Crippen LogP contribution in [0, 0.1) is 0 Å². The number of carbonyl (C=O) groups excluding carboxylic acids is 1. The fourth-order valence-electron chi connectivity index (χ4n) is 2.51. The molecular weight excluding hydrogens is 337 g/mol. The molecule has 0 bridgehead atoms. The van der Waals surface area contributed by atoms with Crippen molar-refractivity contribution in [2.24, 2.45) is 0 Å². The van der Waals surface area contributed by atoms with Gasteiger partial charge in [-0.15, -0.1) is 0 Å². The molecule has 0 aromatic heterocycles. The first-order chi connectivity index (χ1) is 10.9. The van der Waals surface area contributed by atoms with E-state index in [2.05, 4.69) is 6.92 Å². The quantitative estimate of drug-likeness (QED) is 0.265. The maximum atomic E-state index is 11.8. The Bertz CT molecular complexity index is 407. The van der Waals surface area contributed by atoms with E-state index in [-0.39, 0.29) is 43.4 Å². The minimum absolute atomic E-state index is 0. The van der Waals surface area contributed by atoms with Crippen molar-refractivity contribution in [3.05, 3.63) is 0 Å². The van der Waals surface area contributed by atoms with Crippen molar-refractivity contribution >= 4 is 16.0 Å². The summed E-state index contributed by atoms with van der Waals surface area (Å²) in [5.41, 5.74) is 0. The topological polar surface area (TPSA) is 74.7 Å². The van der Waals surface area contributed by atoms with Gasteiger partial charge in [0.15, 0.2) is 0 Å². The number of carbonyl (C=O) groups is 1. The van der Waals surface area contributed by atoms with Crippen LogP contribution in [0.1, 0.15) is 85.4 Å². The zero-order valence-corrected chi connectivity index (χ0v) is 18.7. The van der Waals surface area contributed by atoms with E-state index in [1.54, 1.807) is 7.05 Å². The predicted octanol–water partition coefficient (Wildman–Crippen LogP) is 1.15. The second-order valence-electron chi connectivity index (χ2n) is 6.39. The van der Waals surface area contributed by atoms with Crippen molar-refractivity contribution in [3.63, 3.8) is 0 Å². The minimum atomic E-state index is -3.99. The van der Waals surface area contributed by atoms with Crippen molar-refractivity contribution in [1.29, 1.82) is 0 Å². The van der Waals surface area contributed by atoms with Crippen molar-refractivity contribution < 1.29 is 48.7 Å². The van der Waals surface area contributed by atoms with Gasteiger partial charge in [-0.25, -0.2) is 0 Å². The van der Waals surface area contributed by atoms with E-state index in [0.29, 0.717) is 6.42 Å². The van der Waals surface area contributed by atoms with Gasteiger partial charge < -0.3 is 6.33 Å². The third-order valence-electron chi connectivity index (χ3n) is 4.10. The average molecular weight is 374 g/mol. The van der Waals surface area contributed by atoms with Gasteiger partial charge in [0.05, 0.1) is 5.75 Å². The Kier molecular flexibility index (Phi) is 18.7. The van der Waals surface area contributed by atoms with Gasteiger partial charge in [-0.05, 0) is 6.42 Å². The Hall–Kier alpha value is 0.380. The van der Waals surface area contributed by atoms with Crippen LogP contribution in [0.3, 0.4) is 0 Å². The Morgan fingerprint density at radius 2 is 1.33 bits per heavy atom. The molecule has 0 atom stereocenters. The standard InChI is InChI=1S/C17H35NO4S.Na.H/c1-3-4-5-6-7-8-9-10-11-12-13-14-17(19)18(2)15-16-23(20,21)22;;/h3-16H2,1-2H3,(H,20,21,22);;/q;+1;-1. The molecule has 0 fully saturated rings. The van der Waals surface area contributed by atoms with Gasteiger partial charge in [0.2, 0.25) is 5.91 Å². The number of hydrogen-bond acceptors (Lipinski definition) is 3. The van der Waals surface area contributed by atoms with Crippen LogP contribution in [0.5, 0.6) is 0 Å². The Morgan fingerprint density at radius 1 is 0.917 bits per heavy atom. The fraction of sp³-hybridized carbons (Fsp3) is 0.941. The first-order valence-electron chi connectivity index (χ1n) is 9.06. The third kappa shape index (κ3) is 18.7. The molecule has 140 valence electrons. The largest absolute Gasteiger partial charge is 1.00 e. The minimum Gasteiger partial charge on any atom is -1.00 e. The molecular formula is C17H36NNaO4S. The molecule has 0 radical (unpaired) electrons. The molecule has 0 aliphatic heterocycles. The normalized spacial score (nSPS) is 11.1. The van der Waals surface area contributed by atoms with Gasteiger partial charge >= 0.3 is 29.6 Å². The Labute approximate surface area is 172 Å². The molecule has 5 nitrogen and oxygen atoms in total. The van der Waals surface area contributed by atoms with Crippen molar-refractivity contribution in [2.45, 2.75) is 84.0 Å². The van der Waals surface area contributed by atoms with E-state index >= 15 is 0 Å². The number of nitrogens with zero attached hydrogens (tertiary/aromatic N) is 1. The van der Waals surface area contributed by atoms with Gasteiger partial charge in [-0.1, -0.05) is 71.1 Å². The smallest absolute Gasteiger partial charge is 1.00 e. The van der Waals surface area contributed by atoms with E-state index in [0.717, 1.165) is 19.3 Å². The van der Waals surface area contributed by atoms with Crippen molar-refractivity contribution in [2.75, 3.05) is 19.3 Å². The van der Waals surface area contributed by atoms with Crippen LogP contribution in [0.25, 0.3) is 0 Å². The molecule has 0 rings (SSSR count). The van der Waals surface area contributed by atoms with Gasteiger partial charge in [0.25, 0.3) is 10.1 Å². The van der Waals surface area contributed by atoms with Gasteiger partial charge in [-0.2, -0.15) is 8.42 Å². The summed E-state index contributed by atoms with van der Waals surface area (Å²) in [4.78, 5) is 13.1. The van der Waals surface area contributed by atoms with Crippen LogP contribution in [-0.4, -0.2) is 43.1 Å². The van der Waals surface area contributed by atoms with Gasteiger partial charge in [0.1, 0.15) is 0 Å². The molecule has 1 N–H and O–H groups in total. The zero-order valence-electron chi connectivity index (χ0n) is 16.9. The first-order valence-corrected chi connectivity index (χ1v) is 10.7. The fourth-order valence-corrected chi connectivity index (χ4v) is 3.01. The summed E-state index contributed by atoms with van der Waals surface area (Å²) in [6.45, 7) is 2.28. The van der Waals surface area contributed by atoms with Gasteiger partial charge in [-0.3, -0.25) is 9.35 Å². The van der Waals surface area contributed by atoms with Crippen molar-refractivity contribution in [1.82, 2.24) is 4.90 Å². The molecule has 0 saturated carbocycles. The maximum absolute atomic E-state index is 11.8. The van der Waals surface area contributed by atoms with Crippen LogP contribution in [-0.2, 0) is 14.9 Å². The van der Waals surface area contributed by atoms with E-state index in [1.165, 1.54) is 56.3 Å². The summed E-state index contributed by atoms with van der Waals surface area (Å²) in [6.07, 6.45) is 14.1. The molecule has 0 aliphatic carbocycles. The molecule has 0 heterocycles. The van der Waals surface area contributed by atoms with Crippen LogP contribution < -0.4 is 29.6 Å². The molecule has 0 spiro atoms. The Balaban J connectivity index is -0.00000242. The number of rotatable bonds is 15. The van der Waals surface area contributed by atoms with E-state index in [9.17, 15) is 13.2 Å². The molecule has 24 heavy (non-hydrogen) atoms. The van der Waals surface area contributed by atoms with Crippen molar-refractivity contribution in [3.8, 4) is 0 Å². The molecule has 0 aromatic rings. The average Bonchev–Trinajstić information content (AvgIpc) is 2.49. The molecule has 7 heteroatoms. The monoisotopic (exact) mass is 373 g/mol. The Morgan fingerprint density at radius 3 is 1.75 bits per heavy atom.